The van der Waals surface area contributed by atoms with Crippen LogP contribution >= 0.6 is 11.3 Å². The first-order chi connectivity index (χ1) is 12.1. The molecule has 4 rings (SSSR count). The zero-order chi connectivity index (χ0) is 17.4. The zero-order valence-corrected chi connectivity index (χ0v) is 15.0. The van der Waals surface area contributed by atoms with Gasteiger partial charge in [0.05, 0.1) is 12.0 Å². The number of benzene rings is 1. The Morgan fingerprint density at radius 2 is 1.84 bits per heavy atom. The smallest absolute Gasteiger partial charge is 0.251 e. The van der Waals surface area contributed by atoms with Gasteiger partial charge in [0.15, 0.2) is 0 Å². The average Bonchev–Trinajstić information content (AvgIpc) is 3.17. The number of fused-ring (bicyclic) bond motifs is 2. The van der Waals surface area contributed by atoms with Crippen molar-refractivity contribution in [3.05, 3.63) is 50.9 Å². The van der Waals surface area contributed by atoms with E-state index in [1.165, 1.54) is 33.8 Å². The molecule has 4 nitrogen and oxygen atoms in total. The van der Waals surface area contributed by atoms with Crippen molar-refractivity contribution in [3.63, 3.8) is 0 Å². The molecule has 5 heteroatoms. The molecule has 0 atom stereocenters. The largest absolute Gasteiger partial charge is 0.365 e. The van der Waals surface area contributed by atoms with E-state index in [4.69, 9.17) is 5.73 Å². The van der Waals surface area contributed by atoms with Gasteiger partial charge in [-0.2, -0.15) is 0 Å². The highest BCUT2D eigenvalue weighted by Gasteiger charge is 2.25. The summed E-state index contributed by atoms with van der Waals surface area (Å²) in [6.07, 6.45) is 7.84. The molecule has 3 N–H and O–H groups in total. The summed E-state index contributed by atoms with van der Waals surface area (Å²) in [5.41, 5.74) is 11.0. The molecule has 0 aliphatic heterocycles. The summed E-state index contributed by atoms with van der Waals surface area (Å²) in [6.45, 7) is 0. The van der Waals surface area contributed by atoms with E-state index in [-0.39, 0.29) is 5.91 Å². The fourth-order valence-electron chi connectivity index (χ4n) is 4.01. The molecule has 2 aliphatic rings. The maximum absolute atomic E-state index is 12.5. The maximum Gasteiger partial charge on any atom is 0.251 e. The van der Waals surface area contributed by atoms with Gasteiger partial charge in [-0.15, -0.1) is 11.3 Å². The van der Waals surface area contributed by atoms with E-state index in [0.717, 1.165) is 49.7 Å². The summed E-state index contributed by atoms with van der Waals surface area (Å²) in [5, 5.41) is 3.57. The van der Waals surface area contributed by atoms with Crippen molar-refractivity contribution >= 4 is 28.2 Å². The van der Waals surface area contributed by atoms with Crippen molar-refractivity contribution in [3.8, 4) is 0 Å². The molecule has 1 aromatic heterocycles. The Morgan fingerprint density at radius 3 is 2.68 bits per heavy atom. The maximum atomic E-state index is 12.5. The predicted molar refractivity (Wildman–Crippen MR) is 100 cm³/mol. The molecule has 1 aromatic carbocycles. The first kappa shape index (κ1) is 16.3. The minimum absolute atomic E-state index is 0.0842. The van der Waals surface area contributed by atoms with Gasteiger partial charge in [-0.05, 0) is 67.2 Å². The molecule has 130 valence electrons. The van der Waals surface area contributed by atoms with Crippen LogP contribution in [0.3, 0.4) is 0 Å². The van der Waals surface area contributed by atoms with Gasteiger partial charge in [-0.25, -0.2) is 0 Å². The van der Waals surface area contributed by atoms with Crippen LogP contribution in [-0.4, -0.2) is 11.8 Å². The van der Waals surface area contributed by atoms with Gasteiger partial charge in [0.2, 0.25) is 5.91 Å². The lowest BCUT2D eigenvalue weighted by molar-refractivity contribution is -0.115. The zero-order valence-electron chi connectivity index (χ0n) is 14.2. The van der Waals surface area contributed by atoms with Crippen LogP contribution in [0.4, 0.5) is 5.00 Å². The van der Waals surface area contributed by atoms with Gasteiger partial charge in [-0.1, -0.05) is 18.2 Å². The molecule has 25 heavy (non-hydrogen) atoms. The highest BCUT2D eigenvalue weighted by molar-refractivity contribution is 7.17. The van der Waals surface area contributed by atoms with E-state index in [9.17, 15) is 9.59 Å². The molecule has 0 spiro atoms. The van der Waals surface area contributed by atoms with Crippen molar-refractivity contribution in [1.29, 1.82) is 0 Å². The molecular formula is C20H22N2O2S. The van der Waals surface area contributed by atoms with Crippen molar-refractivity contribution < 1.29 is 9.59 Å². The fourth-order valence-corrected chi connectivity index (χ4v) is 5.32. The van der Waals surface area contributed by atoms with E-state index in [1.54, 1.807) is 0 Å². The van der Waals surface area contributed by atoms with E-state index in [1.807, 2.05) is 6.07 Å². The predicted octanol–water partition coefficient (Wildman–Crippen LogP) is 3.40. The number of carbonyl (C=O) groups excluding carboxylic acids is 2. The number of hydrogen-bond donors (Lipinski definition) is 2. The highest BCUT2D eigenvalue weighted by atomic mass is 32.1. The third-order valence-electron chi connectivity index (χ3n) is 5.20. The highest BCUT2D eigenvalue weighted by Crippen LogP contribution is 2.38. The van der Waals surface area contributed by atoms with E-state index < -0.39 is 5.91 Å². The standard InChI is InChI=1S/C20H22N2O2S/c21-19(24)18-15-6-1-2-7-16(15)25-20(18)22-17(23)11-12-8-9-13-4-3-5-14(13)10-12/h8-10H,1-7,11H2,(H2,21,24)(H,22,23). The normalized spacial score (nSPS) is 15.5. The number of amides is 2. The molecule has 0 bridgehead atoms. The van der Waals surface area contributed by atoms with E-state index in [0.29, 0.717) is 17.0 Å². The van der Waals surface area contributed by atoms with Crippen LogP contribution in [0.1, 0.15) is 56.8 Å². The van der Waals surface area contributed by atoms with Crippen molar-refractivity contribution in [2.45, 2.75) is 51.4 Å². The summed E-state index contributed by atoms with van der Waals surface area (Å²) in [7, 11) is 0. The molecule has 0 radical (unpaired) electrons. The third-order valence-corrected chi connectivity index (χ3v) is 6.41. The van der Waals surface area contributed by atoms with Crippen LogP contribution < -0.4 is 11.1 Å². The molecule has 2 aliphatic carbocycles. The number of rotatable bonds is 4. The van der Waals surface area contributed by atoms with Crippen LogP contribution in [-0.2, 0) is 36.9 Å². The number of primary amides is 1. The lowest BCUT2D eigenvalue weighted by Gasteiger charge is -2.11. The first-order valence-electron chi connectivity index (χ1n) is 8.96. The topological polar surface area (TPSA) is 72.2 Å². The second-order valence-electron chi connectivity index (χ2n) is 6.96. The number of aryl methyl sites for hydroxylation is 3. The lowest BCUT2D eigenvalue weighted by Crippen LogP contribution is -2.19. The number of nitrogens with one attached hydrogen (secondary N) is 1. The van der Waals surface area contributed by atoms with Crippen molar-refractivity contribution in [2.24, 2.45) is 5.73 Å². The van der Waals surface area contributed by atoms with Crippen LogP contribution in [0, 0.1) is 0 Å². The van der Waals surface area contributed by atoms with Gasteiger partial charge in [0, 0.05) is 4.88 Å². The molecule has 2 aromatic rings. The second kappa shape index (κ2) is 6.64. The number of carbonyl (C=O) groups is 2. The fraction of sp³-hybridized carbons (Fsp3) is 0.400. The monoisotopic (exact) mass is 354 g/mol. The first-order valence-corrected chi connectivity index (χ1v) is 9.78. The summed E-state index contributed by atoms with van der Waals surface area (Å²) in [4.78, 5) is 25.6. The third kappa shape index (κ3) is 3.21. The molecule has 0 fully saturated rings. The summed E-state index contributed by atoms with van der Waals surface area (Å²) in [6, 6.07) is 6.33. The summed E-state index contributed by atoms with van der Waals surface area (Å²) in [5.74, 6) is -0.522. The molecule has 0 saturated heterocycles. The number of hydrogen-bond acceptors (Lipinski definition) is 3. The van der Waals surface area contributed by atoms with Gasteiger partial charge < -0.3 is 11.1 Å². The van der Waals surface area contributed by atoms with Crippen molar-refractivity contribution in [1.82, 2.24) is 0 Å². The quantitative estimate of drug-likeness (QED) is 0.883. The minimum atomic E-state index is -0.438. The second-order valence-corrected chi connectivity index (χ2v) is 8.07. The minimum Gasteiger partial charge on any atom is -0.365 e. The number of thiophene rings is 1. The average molecular weight is 354 g/mol. The van der Waals surface area contributed by atoms with Crippen LogP contribution in [0.25, 0.3) is 0 Å². The Kier molecular flexibility index (Phi) is 4.34. The molecule has 0 unspecified atom stereocenters. The van der Waals surface area contributed by atoms with E-state index >= 15 is 0 Å². The molecule has 1 heterocycles. The van der Waals surface area contributed by atoms with Crippen LogP contribution in [0.5, 0.6) is 0 Å². The lowest BCUT2D eigenvalue weighted by atomic mass is 9.95. The van der Waals surface area contributed by atoms with Crippen LogP contribution in [0.15, 0.2) is 18.2 Å². The molecule has 2 amide bonds. The Hall–Kier alpha value is -2.14. The molecular weight excluding hydrogens is 332 g/mol. The molecule has 0 saturated carbocycles. The SMILES string of the molecule is NC(=O)c1c(NC(=O)Cc2ccc3c(c2)CCC3)sc2c1CCCC2. The van der Waals surface area contributed by atoms with Crippen molar-refractivity contribution in [2.75, 3.05) is 5.32 Å². The Bertz CT molecular complexity index is 854. The Balaban J connectivity index is 1.53. The summed E-state index contributed by atoms with van der Waals surface area (Å²) >= 11 is 1.52. The van der Waals surface area contributed by atoms with Gasteiger partial charge in [0.1, 0.15) is 5.00 Å². The van der Waals surface area contributed by atoms with Gasteiger partial charge >= 0.3 is 0 Å². The van der Waals surface area contributed by atoms with Crippen LogP contribution in [0.2, 0.25) is 0 Å². The number of anilines is 1. The van der Waals surface area contributed by atoms with Gasteiger partial charge in [-0.3, -0.25) is 9.59 Å². The summed E-state index contributed by atoms with van der Waals surface area (Å²) < 4.78 is 0. The van der Waals surface area contributed by atoms with E-state index in [2.05, 4.69) is 17.4 Å². The number of nitrogens with two attached hydrogens (primary N) is 1. The van der Waals surface area contributed by atoms with Gasteiger partial charge in [0.25, 0.3) is 5.91 Å². The Labute approximate surface area is 151 Å². The Morgan fingerprint density at radius 1 is 1.04 bits per heavy atom.